The first-order chi connectivity index (χ1) is 7.54. The van der Waals surface area contributed by atoms with Gasteiger partial charge in [-0.1, -0.05) is 13.8 Å². The Morgan fingerprint density at radius 3 is 2.88 bits per heavy atom. The Kier molecular flexibility index (Phi) is 3.87. The second-order valence-corrected chi connectivity index (χ2v) is 7.00. The molecule has 2 unspecified atom stereocenters. The second kappa shape index (κ2) is 4.87. The van der Waals surface area contributed by atoms with Gasteiger partial charge >= 0.3 is 0 Å². The Bertz CT molecular complexity index is 236. The maximum atomic E-state index is 10.8. The van der Waals surface area contributed by atoms with Gasteiger partial charge in [-0.05, 0) is 43.3 Å². The van der Waals surface area contributed by atoms with Gasteiger partial charge in [0.1, 0.15) is 0 Å². The number of rotatable bonds is 3. The van der Waals surface area contributed by atoms with Crippen molar-refractivity contribution >= 4 is 11.8 Å². The fourth-order valence-corrected chi connectivity index (χ4v) is 4.35. The van der Waals surface area contributed by atoms with Gasteiger partial charge in [-0.2, -0.15) is 11.8 Å². The summed E-state index contributed by atoms with van der Waals surface area (Å²) in [5.41, 5.74) is -0.418. The summed E-state index contributed by atoms with van der Waals surface area (Å²) in [5.74, 6) is 2.09. The van der Waals surface area contributed by atoms with Gasteiger partial charge in [0.2, 0.25) is 0 Å². The molecule has 2 aliphatic rings. The van der Waals surface area contributed by atoms with Crippen molar-refractivity contribution in [3.8, 4) is 0 Å². The van der Waals surface area contributed by atoms with E-state index in [1.54, 1.807) is 0 Å². The van der Waals surface area contributed by atoms with Crippen molar-refractivity contribution in [1.29, 1.82) is 0 Å². The Balaban J connectivity index is 1.89. The molecule has 3 heteroatoms. The van der Waals surface area contributed by atoms with E-state index >= 15 is 0 Å². The zero-order valence-corrected chi connectivity index (χ0v) is 11.3. The highest BCUT2D eigenvalue weighted by atomic mass is 32.2. The molecule has 0 aromatic heterocycles. The summed E-state index contributed by atoms with van der Waals surface area (Å²) in [7, 11) is 0. The Labute approximate surface area is 103 Å². The van der Waals surface area contributed by atoms with Crippen molar-refractivity contribution in [2.45, 2.75) is 57.7 Å². The molecular weight excluding hydrogens is 220 g/mol. The van der Waals surface area contributed by atoms with Gasteiger partial charge in [-0.3, -0.25) is 0 Å². The quantitative estimate of drug-likeness (QED) is 0.828. The van der Waals surface area contributed by atoms with Crippen molar-refractivity contribution in [1.82, 2.24) is 0 Å². The van der Waals surface area contributed by atoms with E-state index < -0.39 is 5.60 Å². The molecule has 2 nitrogen and oxygen atoms in total. The monoisotopic (exact) mass is 244 g/mol. The maximum Gasteiger partial charge on any atom is 0.0789 e. The van der Waals surface area contributed by atoms with Crippen LogP contribution >= 0.6 is 11.8 Å². The molecule has 0 saturated carbocycles. The van der Waals surface area contributed by atoms with Gasteiger partial charge in [0.15, 0.2) is 0 Å². The number of thioether (sulfide) groups is 1. The summed E-state index contributed by atoms with van der Waals surface area (Å²) in [6, 6.07) is 0. The van der Waals surface area contributed by atoms with Crippen molar-refractivity contribution in [3.05, 3.63) is 0 Å². The summed E-state index contributed by atoms with van der Waals surface area (Å²) in [4.78, 5) is 0. The Hall–Kier alpha value is 0.270. The summed E-state index contributed by atoms with van der Waals surface area (Å²) < 4.78 is 5.64. The van der Waals surface area contributed by atoms with E-state index in [0.29, 0.717) is 6.10 Å². The van der Waals surface area contributed by atoms with E-state index in [2.05, 4.69) is 13.8 Å². The summed E-state index contributed by atoms with van der Waals surface area (Å²) >= 11 is 1.90. The summed E-state index contributed by atoms with van der Waals surface area (Å²) in [5, 5.41) is 10.8. The van der Waals surface area contributed by atoms with Gasteiger partial charge in [0.25, 0.3) is 0 Å². The second-order valence-electron chi connectivity index (χ2n) is 5.89. The predicted octanol–water partition coefficient (Wildman–Crippen LogP) is 2.84. The van der Waals surface area contributed by atoms with Crippen molar-refractivity contribution < 1.29 is 9.84 Å². The number of ether oxygens (including phenoxy) is 1. The van der Waals surface area contributed by atoms with Crippen LogP contribution < -0.4 is 0 Å². The van der Waals surface area contributed by atoms with E-state index in [-0.39, 0.29) is 5.41 Å². The number of hydrogen-bond donors (Lipinski definition) is 1. The lowest BCUT2D eigenvalue weighted by atomic mass is 9.71. The molecule has 0 bridgehead atoms. The Morgan fingerprint density at radius 2 is 2.25 bits per heavy atom. The minimum absolute atomic E-state index is 0.0663. The molecule has 94 valence electrons. The van der Waals surface area contributed by atoms with Crippen LogP contribution in [0, 0.1) is 5.41 Å². The molecule has 2 fully saturated rings. The van der Waals surface area contributed by atoms with Crippen LogP contribution in [0.2, 0.25) is 0 Å². The molecule has 0 radical (unpaired) electrons. The van der Waals surface area contributed by atoms with Crippen molar-refractivity contribution in [3.63, 3.8) is 0 Å². The van der Waals surface area contributed by atoms with Gasteiger partial charge in [-0.15, -0.1) is 0 Å². The molecule has 16 heavy (non-hydrogen) atoms. The summed E-state index contributed by atoms with van der Waals surface area (Å²) in [6.07, 6.45) is 5.84. The van der Waals surface area contributed by atoms with Gasteiger partial charge in [0.05, 0.1) is 11.7 Å². The van der Waals surface area contributed by atoms with Crippen LogP contribution in [0.3, 0.4) is 0 Å². The topological polar surface area (TPSA) is 29.5 Å². The Morgan fingerprint density at radius 1 is 1.44 bits per heavy atom. The first kappa shape index (κ1) is 12.7. The van der Waals surface area contributed by atoms with Crippen LogP contribution in [0.15, 0.2) is 0 Å². The highest BCUT2D eigenvalue weighted by Crippen LogP contribution is 2.45. The molecule has 0 aromatic carbocycles. The van der Waals surface area contributed by atoms with Crippen LogP contribution in [-0.4, -0.2) is 34.9 Å². The van der Waals surface area contributed by atoms with Crippen LogP contribution in [0.25, 0.3) is 0 Å². The third-order valence-corrected chi connectivity index (χ3v) is 5.55. The molecule has 0 spiro atoms. The standard InChI is InChI=1S/C13H24O2S/c1-12(2)7-9-16-10-13(12,14)6-5-11-4-3-8-15-11/h11,14H,3-10H2,1-2H3. The number of hydrogen-bond acceptors (Lipinski definition) is 3. The molecule has 2 rings (SSSR count). The molecule has 0 aliphatic carbocycles. The van der Waals surface area contributed by atoms with Crippen LogP contribution in [0.4, 0.5) is 0 Å². The first-order valence-electron chi connectivity index (χ1n) is 6.45. The SMILES string of the molecule is CC1(C)CCSCC1(O)CCC1CCCO1. The average molecular weight is 244 g/mol. The van der Waals surface area contributed by atoms with E-state index in [1.807, 2.05) is 11.8 Å². The highest BCUT2D eigenvalue weighted by molar-refractivity contribution is 7.99. The molecule has 1 N–H and O–H groups in total. The molecule has 2 aliphatic heterocycles. The minimum Gasteiger partial charge on any atom is -0.388 e. The zero-order valence-electron chi connectivity index (χ0n) is 10.5. The van der Waals surface area contributed by atoms with Crippen molar-refractivity contribution in [2.24, 2.45) is 5.41 Å². The fraction of sp³-hybridized carbons (Fsp3) is 1.00. The van der Waals surface area contributed by atoms with Gasteiger partial charge < -0.3 is 9.84 Å². The fourth-order valence-electron chi connectivity index (χ4n) is 2.68. The first-order valence-corrected chi connectivity index (χ1v) is 7.61. The van der Waals surface area contributed by atoms with Crippen molar-refractivity contribution in [2.75, 3.05) is 18.1 Å². The van der Waals surface area contributed by atoms with Gasteiger partial charge in [0, 0.05) is 12.4 Å². The zero-order chi connectivity index (χ0) is 11.6. The molecular formula is C13H24O2S. The molecule has 2 heterocycles. The normalized spacial score (nSPS) is 38.8. The van der Waals surface area contributed by atoms with Crippen LogP contribution in [0.1, 0.15) is 46.0 Å². The predicted molar refractivity (Wildman–Crippen MR) is 68.9 cm³/mol. The van der Waals surface area contributed by atoms with Crippen LogP contribution in [0.5, 0.6) is 0 Å². The maximum absolute atomic E-state index is 10.8. The van der Waals surface area contributed by atoms with Gasteiger partial charge in [-0.25, -0.2) is 0 Å². The van der Waals surface area contributed by atoms with Crippen LogP contribution in [-0.2, 0) is 4.74 Å². The van der Waals surface area contributed by atoms with E-state index in [1.165, 1.54) is 18.6 Å². The van der Waals surface area contributed by atoms with E-state index in [4.69, 9.17) is 4.74 Å². The minimum atomic E-state index is -0.484. The average Bonchev–Trinajstić information content (AvgIpc) is 2.73. The number of aliphatic hydroxyl groups is 1. The highest BCUT2D eigenvalue weighted by Gasteiger charge is 2.45. The molecule has 2 saturated heterocycles. The smallest absolute Gasteiger partial charge is 0.0789 e. The molecule has 2 atom stereocenters. The van der Waals surface area contributed by atoms with E-state index in [0.717, 1.165) is 31.6 Å². The molecule has 0 aromatic rings. The molecule has 0 amide bonds. The summed E-state index contributed by atoms with van der Waals surface area (Å²) in [6.45, 7) is 5.34. The lowest BCUT2D eigenvalue weighted by molar-refractivity contribution is -0.0670. The largest absolute Gasteiger partial charge is 0.388 e. The lowest BCUT2D eigenvalue weighted by Crippen LogP contribution is -2.50. The third-order valence-electron chi connectivity index (χ3n) is 4.38. The lowest BCUT2D eigenvalue weighted by Gasteiger charge is -2.46. The third kappa shape index (κ3) is 2.57. The van der Waals surface area contributed by atoms with E-state index in [9.17, 15) is 5.11 Å².